The van der Waals surface area contributed by atoms with Gasteiger partial charge in [-0.3, -0.25) is 0 Å². The fraction of sp³-hybridized carbons (Fsp3) is 0.455. The summed E-state index contributed by atoms with van der Waals surface area (Å²) in [6.45, 7) is 1.09. The molecule has 0 spiro atoms. The maximum Gasteiger partial charge on any atom is 0.206 e. The topological polar surface area (TPSA) is 79.3 Å². The van der Waals surface area contributed by atoms with Gasteiger partial charge in [0.05, 0.1) is 26.0 Å². The van der Waals surface area contributed by atoms with Gasteiger partial charge in [0, 0.05) is 19.2 Å². The Kier molecular flexibility index (Phi) is 4.34. The first-order chi connectivity index (χ1) is 8.74. The molecule has 100 valence electrons. The lowest BCUT2D eigenvalue weighted by Gasteiger charge is -2.28. The number of ether oxygens (including phenoxy) is 2. The quantitative estimate of drug-likeness (QED) is 0.600. The average molecular weight is 255 g/mol. The second-order valence-electron chi connectivity index (χ2n) is 3.85. The van der Waals surface area contributed by atoms with Crippen LogP contribution in [0.2, 0.25) is 0 Å². The molecule has 0 radical (unpaired) electrons. The molecule has 2 rings (SSSR count). The number of benzene rings is 1. The highest BCUT2D eigenvalue weighted by Gasteiger charge is 2.23. The minimum Gasteiger partial charge on any atom is -0.595 e. The summed E-state index contributed by atoms with van der Waals surface area (Å²) in [5, 5.41) is 11.2. The Morgan fingerprint density at radius 2 is 2.22 bits per heavy atom. The average Bonchev–Trinajstić information content (AvgIpc) is 2.33. The number of quaternary nitrogens is 1. The van der Waals surface area contributed by atoms with Crippen molar-refractivity contribution in [3.8, 4) is 5.75 Å². The Hall–Kier alpha value is -1.38. The lowest BCUT2D eigenvalue weighted by atomic mass is 10.2. The van der Waals surface area contributed by atoms with Crippen LogP contribution in [0.5, 0.6) is 5.75 Å². The van der Waals surface area contributed by atoms with Crippen LogP contribution in [-0.4, -0.2) is 33.5 Å². The van der Waals surface area contributed by atoms with E-state index in [4.69, 9.17) is 14.3 Å². The smallest absolute Gasteiger partial charge is 0.206 e. The summed E-state index contributed by atoms with van der Waals surface area (Å²) < 4.78 is 10.7. The largest absolute Gasteiger partial charge is 0.595 e. The van der Waals surface area contributed by atoms with Gasteiger partial charge in [0.2, 0.25) is 5.69 Å². The maximum absolute atomic E-state index is 11.6. The van der Waals surface area contributed by atoms with E-state index < -0.39 is 5.23 Å². The molecule has 7 nitrogen and oxygen atoms in total. The van der Waals surface area contributed by atoms with Gasteiger partial charge in [-0.05, 0) is 6.07 Å². The number of hydrazine groups is 1. The summed E-state index contributed by atoms with van der Waals surface area (Å²) in [5.41, 5.74) is 6.95. The van der Waals surface area contributed by atoms with Crippen molar-refractivity contribution in [1.29, 1.82) is 0 Å². The van der Waals surface area contributed by atoms with Crippen molar-refractivity contribution in [2.45, 2.75) is 6.10 Å². The van der Waals surface area contributed by atoms with E-state index in [9.17, 15) is 5.21 Å². The van der Waals surface area contributed by atoms with Crippen molar-refractivity contribution in [3.63, 3.8) is 0 Å². The summed E-state index contributed by atoms with van der Waals surface area (Å²) in [5.74, 6) is 0.496. The normalized spacial score (nSPS) is 17.1. The highest BCUT2D eigenvalue weighted by molar-refractivity contribution is 5.57. The van der Waals surface area contributed by atoms with E-state index in [1.54, 1.807) is 25.2 Å². The molecule has 0 amide bonds. The van der Waals surface area contributed by atoms with Gasteiger partial charge in [-0.15, -0.1) is 0 Å². The number of anilines is 1. The molecular formula is C11H17N3O4. The van der Waals surface area contributed by atoms with Gasteiger partial charge in [-0.2, -0.15) is 5.23 Å². The van der Waals surface area contributed by atoms with Crippen LogP contribution in [0.3, 0.4) is 0 Å². The van der Waals surface area contributed by atoms with E-state index in [1.165, 1.54) is 7.11 Å². The van der Waals surface area contributed by atoms with Crippen molar-refractivity contribution in [1.82, 2.24) is 5.43 Å². The van der Waals surface area contributed by atoms with Crippen LogP contribution in [0.1, 0.15) is 0 Å². The fourth-order valence-corrected chi connectivity index (χ4v) is 1.58. The van der Waals surface area contributed by atoms with Gasteiger partial charge in [-0.25, -0.2) is 10.3 Å². The monoisotopic (exact) mass is 255 g/mol. The summed E-state index contributed by atoms with van der Waals surface area (Å²) in [6, 6.07) is 5.19. The first-order valence-corrected chi connectivity index (χ1v) is 5.64. The molecule has 1 unspecified atom stereocenters. The highest BCUT2D eigenvalue weighted by Crippen LogP contribution is 2.27. The Labute approximate surface area is 105 Å². The van der Waals surface area contributed by atoms with E-state index in [2.05, 4.69) is 10.9 Å². The third-order valence-corrected chi connectivity index (χ3v) is 2.56. The SMILES string of the molecule is CNNc1ccc([NH+]([O-])OC)c(OC2COC2)c1. The Morgan fingerprint density at radius 3 is 2.78 bits per heavy atom. The van der Waals surface area contributed by atoms with Crippen LogP contribution in [0.4, 0.5) is 11.4 Å². The van der Waals surface area contributed by atoms with Crippen LogP contribution in [0, 0.1) is 5.21 Å². The Morgan fingerprint density at radius 1 is 1.44 bits per heavy atom. The summed E-state index contributed by atoms with van der Waals surface area (Å²) in [6.07, 6.45) is -0.00163. The maximum atomic E-state index is 11.6. The van der Waals surface area contributed by atoms with Gasteiger partial charge >= 0.3 is 0 Å². The predicted octanol–water partition coefficient (Wildman–Crippen LogP) is -0.414. The molecule has 1 aliphatic heterocycles. The zero-order valence-electron chi connectivity index (χ0n) is 10.4. The van der Waals surface area contributed by atoms with Crippen molar-refractivity contribution >= 4 is 11.4 Å². The first kappa shape index (κ1) is 13.1. The third kappa shape index (κ3) is 2.89. The minimum atomic E-state index is -0.416. The Balaban J connectivity index is 2.20. The van der Waals surface area contributed by atoms with E-state index in [0.717, 1.165) is 5.69 Å². The first-order valence-electron chi connectivity index (χ1n) is 5.64. The van der Waals surface area contributed by atoms with E-state index in [1.807, 2.05) is 0 Å². The van der Waals surface area contributed by atoms with E-state index >= 15 is 0 Å². The van der Waals surface area contributed by atoms with Gasteiger partial charge in [0.1, 0.15) is 6.10 Å². The van der Waals surface area contributed by atoms with Crippen LogP contribution in [0.15, 0.2) is 18.2 Å². The number of rotatable bonds is 6. The van der Waals surface area contributed by atoms with Gasteiger partial charge in [0.15, 0.2) is 5.75 Å². The lowest BCUT2D eigenvalue weighted by Crippen LogP contribution is -3.00. The van der Waals surface area contributed by atoms with Crippen molar-refractivity contribution < 1.29 is 19.5 Å². The van der Waals surface area contributed by atoms with Gasteiger partial charge in [-0.1, -0.05) is 0 Å². The molecule has 1 saturated heterocycles. The molecule has 1 aliphatic rings. The molecule has 3 N–H and O–H groups in total. The Bertz CT molecular complexity index is 398. The van der Waals surface area contributed by atoms with Gasteiger partial charge < -0.3 is 20.1 Å². The third-order valence-electron chi connectivity index (χ3n) is 2.56. The number of hydrogen-bond donors (Lipinski definition) is 3. The van der Waals surface area contributed by atoms with Crippen LogP contribution in [-0.2, 0) is 9.57 Å². The summed E-state index contributed by atoms with van der Waals surface area (Å²) >= 11 is 0. The lowest BCUT2D eigenvalue weighted by molar-refractivity contribution is -0.992. The number of hydrogen-bond acceptors (Lipinski definition) is 6. The molecule has 0 aromatic heterocycles. The van der Waals surface area contributed by atoms with E-state index in [0.29, 0.717) is 24.7 Å². The number of nitrogens with one attached hydrogen (secondary N) is 3. The second kappa shape index (κ2) is 5.98. The van der Waals surface area contributed by atoms with Crippen molar-refractivity contribution in [3.05, 3.63) is 23.4 Å². The predicted molar refractivity (Wildman–Crippen MR) is 65.4 cm³/mol. The molecular weight excluding hydrogens is 238 g/mol. The molecule has 1 aromatic carbocycles. The molecule has 1 fully saturated rings. The zero-order chi connectivity index (χ0) is 13.0. The zero-order valence-corrected chi connectivity index (χ0v) is 10.4. The summed E-state index contributed by atoms with van der Waals surface area (Å²) in [4.78, 5) is 4.72. The van der Waals surface area contributed by atoms with Crippen molar-refractivity contribution in [2.24, 2.45) is 0 Å². The summed E-state index contributed by atoms with van der Waals surface area (Å²) in [7, 11) is 3.10. The second-order valence-corrected chi connectivity index (χ2v) is 3.85. The van der Waals surface area contributed by atoms with Crippen molar-refractivity contribution in [2.75, 3.05) is 32.8 Å². The highest BCUT2D eigenvalue weighted by atomic mass is 16.9. The molecule has 0 saturated carbocycles. The van der Waals surface area contributed by atoms with Crippen LogP contribution < -0.4 is 20.8 Å². The molecule has 18 heavy (non-hydrogen) atoms. The molecule has 7 heteroatoms. The van der Waals surface area contributed by atoms with Gasteiger partial charge in [0.25, 0.3) is 0 Å². The molecule has 1 atom stereocenters. The molecule has 0 bridgehead atoms. The molecule has 1 aromatic rings. The minimum absolute atomic E-state index is 0.00163. The van der Waals surface area contributed by atoms with Crippen LogP contribution in [0.25, 0.3) is 0 Å². The molecule has 1 heterocycles. The fourth-order valence-electron chi connectivity index (χ4n) is 1.58. The van der Waals surface area contributed by atoms with E-state index in [-0.39, 0.29) is 6.10 Å². The molecule has 0 aliphatic carbocycles. The standard InChI is InChI=1S/C11H17N3O4/c1-12-13-8-3-4-10(14(15)16-2)11(5-8)18-9-6-17-7-9/h3-5,9,12-14H,6-7H2,1-2H3. The van der Waals surface area contributed by atoms with Crippen LogP contribution >= 0.6 is 0 Å².